The molecule has 0 fully saturated rings. The lowest BCUT2D eigenvalue weighted by molar-refractivity contribution is 0.441. The van der Waals surface area contributed by atoms with Gasteiger partial charge in [0.15, 0.2) is 0 Å². The SMILES string of the molecule is CCNC(c1ccco1)c1ccccc1F. The van der Waals surface area contributed by atoms with Gasteiger partial charge in [0.05, 0.1) is 12.3 Å². The Bertz CT molecular complexity index is 439. The molecular formula is C13H14FNO. The van der Waals surface area contributed by atoms with Crippen molar-refractivity contribution in [1.29, 1.82) is 0 Å². The molecule has 1 aromatic heterocycles. The molecule has 1 unspecified atom stereocenters. The fourth-order valence-electron chi connectivity index (χ4n) is 1.73. The van der Waals surface area contributed by atoms with Crippen LogP contribution >= 0.6 is 0 Å². The number of hydrogen-bond donors (Lipinski definition) is 1. The molecule has 3 heteroatoms. The molecule has 0 spiro atoms. The molecule has 0 saturated carbocycles. The Labute approximate surface area is 94.1 Å². The van der Waals surface area contributed by atoms with Gasteiger partial charge in [0.25, 0.3) is 0 Å². The number of furan rings is 1. The predicted molar refractivity (Wildman–Crippen MR) is 60.6 cm³/mol. The lowest BCUT2D eigenvalue weighted by Gasteiger charge is -2.16. The van der Waals surface area contributed by atoms with Crippen LogP contribution in [0, 0.1) is 5.82 Å². The quantitative estimate of drug-likeness (QED) is 0.854. The second kappa shape index (κ2) is 4.94. The molecule has 2 rings (SSSR count). The Hall–Kier alpha value is -1.61. The number of nitrogens with one attached hydrogen (secondary N) is 1. The van der Waals surface area contributed by atoms with Crippen LogP contribution in [0.2, 0.25) is 0 Å². The van der Waals surface area contributed by atoms with Crippen molar-refractivity contribution >= 4 is 0 Å². The van der Waals surface area contributed by atoms with E-state index in [-0.39, 0.29) is 11.9 Å². The second-order valence-corrected chi connectivity index (χ2v) is 3.53. The fraction of sp³-hybridized carbons (Fsp3) is 0.231. The zero-order valence-corrected chi connectivity index (χ0v) is 9.11. The van der Waals surface area contributed by atoms with Gasteiger partial charge in [-0.25, -0.2) is 4.39 Å². The topological polar surface area (TPSA) is 25.2 Å². The van der Waals surface area contributed by atoms with Gasteiger partial charge in [0.2, 0.25) is 0 Å². The van der Waals surface area contributed by atoms with E-state index in [0.717, 1.165) is 12.3 Å². The van der Waals surface area contributed by atoms with Crippen LogP contribution in [0.4, 0.5) is 4.39 Å². The van der Waals surface area contributed by atoms with Gasteiger partial charge in [0, 0.05) is 5.56 Å². The van der Waals surface area contributed by atoms with Crippen LogP contribution in [0.3, 0.4) is 0 Å². The van der Waals surface area contributed by atoms with Gasteiger partial charge < -0.3 is 9.73 Å². The van der Waals surface area contributed by atoms with Crippen molar-refractivity contribution < 1.29 is 8.81 Å². The average molecular weight is 219 g/mol. The molecule has 0 bridgehead atoms. The van der Waals surface area contributed by atoms with Crippen molar-refractivity contribution in [2.24, 2.45) is 0 Å². The van der Waals surface area contributed by atoms with Gasteiger partial charge in [-0.05, 0) is 24.7 Å². The smallest absolute Gasteiger partial charge is 0.128 e. The van der Waals surface area contributed by atoms with Gasteiger partial charge in [-0.1, -0.05) is 25.1 Å². The predicted octanol–water partition coefficient (Wildman–Crippen LogP) is 3.12. The highest BCUT2D eigenvalue weighted by Gasteiger charge is 2.18. The number of rotatable bonds is 4. The summed E-state index contributed by atoms with van der Waals surface area (Å²) >= 11 is 0. The van der Waals surface area contributed by atoms with Crippen molar-refractivity contribution in [2.75, 3.05) is 6.54 Å². The fourth-order valence-corrected chi connectivity index (χ4v) is 1.73. The van der Waals surface area contributed by atoms with Crippen LogP contribution in [0.15, 0.2) is 47.1 Å². The van der Waals surface area contributed by atoms with E-state index in [0.29, 0.717) is 5.56 Å². The first kappa shape index (κ1) is 10.9. The first-order valence-corrected chi connectivity index (χ1v) is 5.34. The molecule has 0 aliphatic heterocycles. The highest BCUT2D eigenvalue weighted by molar-refractivity contribution is 5.27. The van der Waals surface area contributed by atoms with Crippen LogP contribution in [-0.2, 0) is 0 Å². The maximum Gasteiger partial charge on any atom is 0.128 e. The Balaban J connectivity index is 2.37. The number of halogens is 1. The van der Waals surface area contributed by atoms with Crippen LogP contribution in [0.1, 0.15) is 24.3 Å². The number of hydrogen-bond acceptors (Lipinski definition) is 2. The molecule has 1 atom stereocenters. The van der Waals surface area contributed by atoms with E-state index >= 15 is 0 Å². The van der Waals surface area contributed by atoms with Crippen molar-refractivity contribution in [1.82, 2.24) is 5.32 Å². The molecule has 0 amide bonds. The molecule has 0 aliphatic carbocycles. The van der Waals surface area contributed by atoms with Crippen LogP contribution < -0.4 is 5.32 Å². The van der Waals surface area contributed by atoms with Gasteiger partial charge in [-0.15, -0.1) is 0 Å². The van der Waals surface area contributed by atoms with E-state index < -0.39 is 0 Å². The van der Waals surface area contributed by atoms with Gasteiger partial charge in [0.1, 0.15) is 11.6 Å². The molecule has 1 N–H and O–H groups in total. The van der Waals surface area contributed by atoms with Gasteiger partial charge in [-0.2, -0.15) is 0 Å². The average Bonchev–Trinajstić information content (AvgIpc) is 2.80. The standard InChI is InChI=1S/C13H14FNO/c1-2-15-13(12-8-5-9-16-12)10-6-3-4-7-11(10)14/h3-9,13,15H,2H2,1H3. The molecule has 2 nitrogen and oxygen atoms in total. The van der Waals surface area contributed by atoms with E-state index in [1.165, 1.54) is 6.07 Å². The summed E-state index contributed by atoms with van der Waals surface area (Å²) in [4.78, 5) is 0. The van der Waals surface area contributed by atoms with Crippen molar-refractivity contribution in [3.63, 3.8) is 0 Å². The van der Waals surface area contributed by atoms with Crippen LogP contribution in [0.25, 0.3) is 0 Å². The lowest BCUT2D eigenvalue weighted by Crippen LogP contribution is -2.22. The molecule has 0 saturated heterocycles. The first-order valence-electron chi connectivity index (χ1n) is 5.34. The third kappa shape index (κ3) is 2.14. The van der Waals surface area contributed by atoms with E-state index in [1.54, 1.807) is 24.5 Å². The summed E-state index contributed by atoms with van der Waals surface area (Å²) in [6, 6.07) is 10.2. The molecular weight excluding hydrogens is 205 g/mol. The summed E-state index contributed by atoms with van der Waals surface area (Å²) in [6.45, 7) is 2.73. The highest BCUT2D eigenvalue weighted by Crippen LogP contribution is 2.24. The van der Waals surface area contributed by atoms with E-state index in [2.05, 4.69) is 5.32 Å². The molecule has 16 heavy (non-hydrogen) atoms. The summed E-state index contributed by atoms with van der Waals surface area (Å²) in [5.74, 6) is 0.511. The second-order valence-electron chi connectivity index (χ2n) is 3.53. The summed E-state index contributed by atoms with van der Waals surface area (Å²) in [5.41, 5.74) is 0.610. The van der Waals surface area contributed by atoms with Crippen molar-refractivity contribution in [2.45, 2.75) is 13.0 Å². The van der Waals surface area contributed by atoms with Gasteiger partial charge in [-0.3, -0.25) is 0 Å². The van der Waals surface area contributed by atoms with E-state index in [1.807, 2.05) is 19.1 Å². The highest BCUT2D eigenvalue weighted by atomic mass is 19.1. The minimum Gasteiger partial charge on any atom is -0.467 e. The Morgan fingerprint density at radius 3 is 2.69 bits per heavy atom. The third-order valence-corrected chi connectivity index (χ3v) is 2.45. The van der Waals surface area contributed by atoms with E-state index in [4.69, 9.17) is 4.42 Å². The maximum atomic E-state index is 13.7. The normalized spacial score (nSPS) is 12.6. The summed E-state index contributed by atoms with van der Waals surface area (Å²) < 4.78 is 19.0. The molecule has 1 aromatic carbocycles. The van der Waals surface area contributed by atoms with E-state index in [9.17, 15) is 4.39 Å². The Morgan fingerprint density at radius 1 is 1.25 bits per heavy atom. The van der Waals surface area contributed by atoms with Crippen LogP contribution in [-0.4, -0.2) is 6.54 Å². The van der Waals surface area contributed by atoms with Crippen molar-refractivity contribution in [3.05, 3.63) is 59.8 Å². The number of benzene rings is 1. The zero-order chi connectivity index (χ0) is 11.4. The first-order chi connectivity index (χ1) is 7.83. The molecule has 84 valence electrons. The minimum atomic E-state index is -0.221. The third-order valence-electron chi connectivity index (χ3n) is 2.45. The summed E-state index contributed by atoms with van der Waals surface area (Å²) in [6.07, 6.45) is 1.60. The molecule has 0 aliphatic rings. The summed E-state index contributed by atoms with van der Waals surface area (Å²) in [7, 11) is 0. The zero-order valence-electron chi connectivity index (χ0n) is 9.11. The molecule has 2 aromatic rings. The monoisotopic (exact) mass is 219 g/mol. The molecule has 0 radical (unpaired) electrons. The largest absolute Gasteiger partial charge is 0.467 e. The maximum absolute atomic E-state index is 13.7. The lowest BCUT2D eigenvalue weighted by atomic mass is 10.0. The summed E-state index contributed by atoms with van der Waals surface area (Å²) in [5, 5.41) is 3.21. The Kier molecular flexibility index (Phi) is 3.37. The minimum absolute atomic E-state index is 0.218. The van der Waals surface area contributed by atoms with Crippen LogP contribution in [0.5, 0.6) is 0 Å². The van der Waals surface area contributed by atoms with Crippen molar-refractivity contribution in [3.8, 4) is 0 Å². The van der Waals surface area contributed by atoms with Gasteiger partial charge >= 0.3 is 0 Å². The molecule has 1 heterocycles. The Morgan fingerprint density at radius 2 is 2.06 bits per heavy atom.